The predicted molar refractivity (Wildman–Crippen MR) is 64.5 cm³/mol. The summed E-state index contributed by atoms with van der Waals surface area (Å²) in [6.45, 7) is 2.90. The second-order valence-corrected chi connectivity index (χ2v) is 4.33. The Morgan fingerprint density at radius 2 is 1.89 bits per heavy atom. The summed E-state index contributed by atoms with van der Waals surface area (Å²) in [5, 5.41) is 2.51. The Kier molecular flexibility index (Phi) is 4.19. The lowest BCUT2D eigenvalue weighted by molar-refractivity contribution is -0.157. The van der Waals surface area contributed by atoms with E-state index in [2.05, 4.69) is 5.32 Å². The number of hydrogen-bond donors (Lipinski definition) is 1. The van der Waals surface area contributed by atoms with E-state index in [4.69, 9.17) is 9.47 Å². The van der Waals surface area contributed by atoms with Gasteiger partial charge in [0.25, 0.3) is 0 Å². The van der Waals surface area contributed by atoms with Crippen LogP contribution in [0.3, 0.4) is 0 Å². The predicted octanol–water partition coefficient (Wildman–Crippen LogP) is 3.06. The first-order chi connectivity index (χ1) is 9.02. The Balaban J connectivity index is 2.26. The van der Waals surface area contributed by atoms with Crippen molar-refractivity contribution >= 4 is 0 Å². The lowest BCUT2D eigenvalue weighted by atomic mass is 10.1. The molecule has 0 bridgehead atoms. The maximum absolute atomic E-state index is 13.0. The molecule has 0 saturated heterocycles. The highest BCUT2D eigenvalue weighted by Gasteiger charge is 2.40. The van der Waals surface area contributed by atoms with E-state index in [1.165, 1.54) is 18.2 Å². The molecule has 1 heterocycles. The standard InChI is InChI=1S/C13H16F3NO2/c1-2-5-17-12(13(14,15)16)9-3-4-10-11(8-9)19-7-6-18-10/h3-4,8,12,17H,2,5-7H2,1H3. The molecule has 0 aromatic heterocycles. The average molecular weight is 275 g/mol. The Hall–Kier alpha value is -1.43. The smallest absolute Gasteiger partial charge is 0.407 e. The maximum atomic E-state index is 13.0. The van der Waals surface area contributed by atoms with Crippen molar-refractivity contribution in [2.45, 2.75) is 25.6 Å². The van der Waals surface area contributed by atoms with Crippen molar-refractivity contribution < 1.29 is 22.6 Å². The number of halogens is 3. The molecule has 19 heavy (non-hydrogen) atoms. The third-order valence-corrected chi connectivity index (χ3v) is 2.83. The molecule has 1 N–H and O–H groups in total. The molecule has 0 saturated carbocycles. The van der Waals surface area contributed by atoms with Gasteiger partial charge in [0.2, 0.25) is 0 Å². The summed E-state index contributed by atoms with van der Waals surface area (Å²) in [6, 6.07) is 2.67. The molecule has 0 aliphatic carbocycles. The van der Waals surface area contributed by atoms with E-state index in [0.29, 0.717) is 37.7 Å². The van der Waals surface area contributed by atoms with Crippen LogP contribution >= 0.6 is 0 Å². The SMILES string of the molecule is CCCNC(c1ccc2c(c1)OCCO2)C(F)(F)F. The van der Waals surface area contributed by atoms with Crippen molar-refractivity contribution in [2.75, 3.05) is 19.8 Å². The molecule has 0 spiro atoms. The van der Waals surface area contributed by atoms with Crippen molar-refractivity contribution in [1.82, 2.24) is 5.32 Å². The molecule has 0 fully saturated rings. The van der Waals surface area contributed by atoms with Gasteiger partial charge in [-0.25, -0.2) is 0 Å². The maximum Gasteiger partial charge on any atom is 0.407 e. The molecule has 2 rings (SSSR count). The lowest BCUT2D eigenvalue weighted by Gasteiger charge is -2.24. The fourth-order valence-electron chi connectivity index (χ4n) is 1.95. The Labute approximate surface area is 109 Å². The van der Waals surface area contributed by atoms with Crippen LogP contribution < -0.4 is 14.8 Å². The summed E-state index contributed by atoms with van der Waals surface area (Å²) in [4.78, 5) is 0. The van der Waals surface area contributed by atoms with E-state index >= 15 is 0 Å². The highest BCUT2D eigenvalue weighted by Crippen LogP contribution is 2.38. The van der Waals surface area contributed by atoms with Gasteiger partial charge in [-0.2, -0.15) is 13.2 Å². The zero-order valence-corrected chi connectivity index (χ0v) is 10.6. The summed E-state index contributed by atoms with van der Waals surface area (Å²) in [7, 11) is 0. The van der Waals surface area contributed by atoms with Crippen LogP contribution in [0.1, 0.15) is 24.9 Å². The summed E-state index contributed by atoms with van der Waals surface area (Å²) >= 11 is 0. The number of rotatable bonds is 4. The quantitative estimate of drug-likeness (QED) is 0.916. The molecule has 6 heteroatoms. The van der Waals surface area contributed by atoms with E-state index in [9.17, 15) is 13.2 Å². The second-order valence-electron chi connectivity index (χ2n) is 4.33. The number of alkyl halides is 3. The second kappa shape index (κ2) is 5.69. The minimum atomic E-state index is -4.33. The summed E-state index contributed by atoms with van der Waals surface area (Å²) in [5.74, 6) is 0.864. The fourth-order valence-corrected chi connectivity index (χ4v) is 1.95. The molecular formula is C13H16F3NO2. The Morgan fingerprint density at radius 3 is 2.53 bits per heavy atom. The van der Waals surface area contributed by atoms with Crippen LogP contribution in [-0.2, 0) is 0 Å². The number of fused-ring (bicyclic) bond motifs is 1. The van der Waals surface area contributed by atoms with Gasteiger partial charge >= 0.3 is 6.18 Å². The summed E-state index contributed by atoms with van der Waals surface area (Å²) < 4.78 is 49.7. The van der Waals surface area contributed by atoms with Crippen LogP contribution in [0.4, 0.5) is 13.2 Å². The van der Waals surface area contributed by atoms with Gasteiger partial charge in [0, 0.05) is 0 Å². The number of benzene rings is 1. The fraction of sp³-hybridized carbons (Fsp3) is 0.538. The van der Waals surface area contributed by atoms with E-state index in [1.807, 2.05) is 6.92 Å². The van der Waals surface area contributed by atoms with Crippen LogP contribution in [0.15, 0.2) is 18.2 Å². The van der Waals surface area contributed by atoms with Gasteiger partial charge in [-0.3, -0.25) is 0 Å². The number of nitrogens with one attached hydrogen (secondary N) is 1. The summed E-state index contributed by atoms with van der Waals surface area (Å²) in [6.07, 6.45) is -3.70. The van der Waals surface area contributed by atoms with E-state index in [0.717, 1.165) is 0 Å². The molecule has 1 atom stereocenters. The van der Waals surface area contributed by atoms with Gasteiger partial charge < -0.3 is 14.8 Å². The number of hydrogen-bond acceptors (Lipinski definition) is 3. The van der Waals surface area contributed by atoms with Gasteiger partial charge in [0.1, 0.15) is 19.3 Å². The van der Waals surface area contributed by atoms with Gasteiger partial charge in [-0.1, -0.05) is 13.0 Å². The Bertz CT molecular complexity index is 434. The van der Waals surface area contributed by atoms with Crippen LogP contribution in [0.5, 0.6) is 11.5 Å². The molecule has 1 aromatic rings. The van der Waals surface area contributed by atoms with Gasteiger partial charge in [-0.05, 0) is 30.7 Å². The number of ether oxygens (including phenoxy) is 2. The minimum absolute atomic E-state index is 0.144. The average Bonchev–Trinajstić information content (AvgIpc) is 2.37. The molecule has 1 aliphatic heterocycles. The molecule has 1 unspecified atom stereocenters. The topological polar surface area (TPSA) is 30.5 Å². The monoisotopic (exact) mass is 275 g/mol. The molecule has 1 aliphatic rings. The zero-order chi connectivity index (χ0) is 13.9. The first-order valence-corrected chi connectivity index (χ1v) is 6.22. The molecule has 0 radical (unpaired) electrons. The zero-order valence-electron chi connectivity index (χ0n) is 10.6. The van der Waals surface area contributed by atoms with Gasteiger partial charge in [0.05, 0.1) is 0 Å². The van der Waals surface area contributed by atoms with Crippen LogP contribution in [0, 0.1) is 0 Å². The molecular weight excluding hydrogens is 259 g/mol. The largest absolute Gasteiger partial charge is 0.486 e. The minimum Gasteiger partial charge on any atom is -0.486 e. The van der Waals surface area contributed by atoms with Crippen LogP contribution in [-0.4, -0.2) is 25.9 Å². The van der Waals surface area contributed by atoms with E-state index in [1.54, 1.807) is 0 Å². The van der Waals surface area contributed by atoms with Crippen LogP contribution in [0.2, 0.25) is 0 Å². The van der Waals surface area contributed by atoms with E-state index < -0.39 is 12.2 Å². The van der Waals surface area contributed by atoms with Crippen molar-refractivity contribution in [3.05, 3.63) is 23.8 Å². The first kappa shape index (κ1) is 14.0. The lowest BCUT2D eigenvalue weighted by Crippen LogP contribution is -2.34. The first-order valence-electron chi connectivity index (χ1n) is 6.22. The third-order valence-electron chi connectivity index (χ3n) is 2.83. The van der Waals surface area contributed by atoms with Crippen molar-refractivity contribution in [3.8, 4) is 11.5 Å². The van der Waals surface area contributed by atoms with Crippen molar-refractivity contribution in [3.63, 3.8) is 0 Å². The van der Waals surface area contributed by atoms with Crippen LogP contribution in [0.25, 0.3) is 0 Å². The third kappa shape index (κ3) is 3.32. The van der Waals surface area contributed by atoms with E-state index in [-0.39, 0.29) is 5.56 Å². The van der Waals surface area contributed by atoms with Gasteiger partial charge in [-0.15, -0.1) is 0 Å². The Morgan fingerprint density at radius 1 is 1.21 bits per heavy atom. The van der Waals surface area contributed by atoms with Crippen molar-refractivity contribution in [1.29, 1.82) is 0 Å². The normalized spacial score (nSPS) is 16.2. The van der Waals surface area contributed by atoms with Gasteiger partial charge in [0.15, 0.2) is 11.5 Å². The molecule has 1 aromatic carbocycles. The summed E-state index contributed by atoms with van der Waals surface area (Å²) in [5.41, 5.74) is 0.144. The highest BCUT2D eigenvalue weighted by atomic mass is 19.4. The molecule has 3 nitrogen and oxygen atoms in total. The molecule has 106 valence electrons. The molecule has 0 amide bonds. The highest BCUT2D eigenvalue weighted by molar-refractivity contribution is 5.45. The van der Waals surface area contributed by atoms with Crippen molar-refractivity contribution in [2.24, 2.45) is 0 Å².